The monoisotopic (exact) mass is 441 g/mol. The molecular weight excluding hydrogens is 418 g/mol. The molecule has 1 atom stereocenters. The fourth-order valence-electron chi connectivity index (χ4n) is 3.42. The molecule has 0 aliphatic carbocycles. The summed E-state index contributed by atoms with van der Waals surface area (Å²) in [4.78, 5) is 16.9. The van der Waals surface area contributed by atoms with E-state index < -0.39 is 15.9 Å². The maximum Gasteiger partial charge on any atom is 0.253 e. The number of rotatable bonds is 6. The van der Waals surface area contributed by atoms with Gasteiger partial charge in [-0.25, -0.2) is 18.1 Å². The van der Waals surface area contributed by atoms with E-state index in [1.54, 1.807) is 23.1 Å². The summed E-state index contributed by atoms with van der Waals surface area (Å²) in [5.41, 5.74) is 1.85. The molecule has 3 aromatic rings. The van der Waals surface area contributed by atoms with Crippen LogP contribution in [0.1, 0.15) is 28.9 Å². The Hall–Kier alpha value is -3.08. The minimum Gasteiger partial charge on any atom is -0.379 e. The zero-order valence-electron chi connectivity index (χ0n) is 17.0. The molecule has 1 N–H and O–H groups in total. The van der Waals surface area contributed by atoms with Crippen LogP contribution >= 0.6 is 0 Å². The van der Waals surface area contributed by atoms with E-state index in [4.69, 9.17) is 4.74 Å². The molecule has 1 amide bonds. The van der Waals surface area contributed by atoms with Gasteiger partial charge in [-0.3, -0.25) is 4.79 Å². The molecule has 1 aromatic heterocycles. The molecule has 0 unspecified atom stereocenters. The number of carbonyl (C=O) groups is 1. The summed E-state index contributed by atoms with van der Waals surface area (Å²) >= 11 is 0. The highest BCUT2D eigenvalue weighted by Gasteiger charge is 2.30. The first-order valence-corrected chi connectivity index (χ1v) is 11.3. The van der Waals surface area contributed by atoms with Gasteiger partial charge in [-0.2, -0.15) is 9.40 Å². The number of ether oxygens (including phenoxy) is 1. The van der Waals surface area contributed by atoms with Crippen molar-refractivity contribution in [3.05, 3.63) is 72.3 Å². The van der Waals surface area contributed by atoms with Crippen LogP contribution < -0.4 is 5.32 Å². The second kappa shape index (κ2) is 8.96. The molecule has 2 aromatic carbocycles. The minimum atomic E-state index is -3.79. The molecule has 0 bridgehead atoms. The van der Waals surface area contributed by atoms with Gasteiger partial charge in [-0.15, -0.1) is 0 Å². The van der Waals surface area contributed by atoms with Crippen molar-refractivity contribution in [3.8, 4) is 5.69 Å². The zero-order chi connectivity index (χ0) is 21.8. The summed E-state index contributed by atoms with van der Waals surface area (Å²) in [7, 11) is -3.79. The Balaban J connectivity index is 1.52. The summed E-state index contributed by atoms with van der Waals surface area (Å²) in [6.07, 6.45) is 3.06. The first-order chi connectivity index (χ1) is 15.0. The molecule has 0 saturated carbocycles. The Kier molecular flexibility index (Phi) is 6.12. The molecule has 1 aliphatic rings. The van der Waals surface area contributed by atoms with Crippen LogP contribution in [-0.2, 0) is 14.8 Å². The third kappa shape index (κ3) is 4.50. The van der Waals surface area contributed by atoms with Crippen LogP contribution in [0.4, 0.5) is 0 Å². The van der Waals surface area contributed by atoms with Gasteiger partial charge in [0.25, 0.3) is 5.91 Å². The van der Waals surface area contributed by atoms with Crippen molar-refractivity contribution < 1.29 is 17.9 Å². The van der Waals surface area contributed by atoms with Crippen molar-refractivity contribution in [3.63, 3.8) is 0 Å². The highest BCUT2D eigenvalue weighted by molar-refractivity contribution is 7.89. The topological polar surface area (TPSA) is 106 Å². The predicted octanol–water partition coefficient (Wildman–Crippen LogP) is 1.78. The number of sulfonamides is 1. The van der Waals surface area contributed by atoms with Crippen molar-refractivity contribution in [1.82, 2.24) is 24.4 Å². The lowest BCUT2D eigenvalue weighted by atomic mass is 10.1. The van der Waals surface area contributed by atoms with E-state index in [1.807, 2.05) is 31.2 Å². The molecule has 4 rings (SSSR count). The summed E-state index contributed by atoms with van der Waals surface area (Å²) in [5, 5.41) is 6.99. The van der Waals surface area contributed by atoms with Crippen LogP contribution in [0, 0.1) is 0 Å². The van der Waals surface area contributed by atoms with Crippen molar-refractivity contribution in [1.29, 1.82) is 0 Å². The number of carbonyl (C=O) groups excluding carboxylic acids is 1. The van der Waals surface area contributed by atoms with E-state index in [1.165, 1.54) is 22.8 Å². The number of hydrogen-bond acceptors (Lipinski definition) is 6. The van der Waals surface area contributed by atoms with E-state index in [0.29, 0.717) is 13.2 Å². The maximum atomic E-state index is 13.1. The van der Waals surface area contributed by atoms with Gasteiger partial charge >= 0.3 is 0 Å². The number of hydrogen-bond donors (Lipinski definition) is 1. The number of nitrogens with one attached hydrogen (secondary N) is 1. The van der Waals surface area contributed by atoms with Crippen molar-refractivity contribution in [2.75, 3.05) is 26.3 Å². The molecular formula is C21H23N5O4S. The molecule has 1 fully saturated rings. The van der Waals surface area contributed by atoms with E-state index in [-0.39, 0.29) is 29.6 Å². The van der Waals surface area contributed by atoms with Gasteiger partial charge in [0.1, 0.15) is 12.7 Å². The highest BCUT2D eigenvalue weighted by Crippen LogP contribution is 2.23. The maximum absolute atomic E-state index is 13.1. The molecule has 0 spiro atoms. The Morgan fingerprint density at radius 3 is 2.48 bits per heavy atom. The minimum absolute atomic E-state index is 0.00290. The molecule has 9 nitrogen and oxygen atoms in total. The van der Waals surface area contributed by atoms with Crippen molar-refractivity contribution >= 4 is 15.9 Å². The van der Waals surface area contributed by atoms with E-state index >= 15 is 0 Å². The van der Waals surface area contributed by atoms with E-state index in [2.05, 4.69) is 15.4 Å². The van der Waals surface area contributed by atoms with Gasteiger partial charge in [0, 0.05) is 13.1 Å². The third-order valence-electron chi connectivity index (χ3n) is 5.14. The highest BCUT2D eigenvalue weighted by atomic mass is 32.2. The first-order valence-electron chi connectivity index (χ1n) is 9.89. The van der Waals surface area contributed by atoms with Gasteiger partial charge in [-0.1, -0.05) is 24.3 Å². The number of nitrogens with zero attached hydrogens (tertiary/aromatic N) is 4. The normalized spacial score (nSPS) is 16.0. The van der Waals surface area contributed by atoms with Gasteiger partial charge in [0.05, 0.1) is 35.4 Å². The largest absolute Gasteiger partial charge is 0.379 e. The Bertz CT molecular complexity index is 1140. The quantitative estimate of drug-likeness (QED) is 0.625. The molecule has 2 heterocycles. The summed E-state index contributed by atoms with van der Waals surface area (Å²) in [6, 6.07) is 13.5. The second-order valence-corrected chi connectivity index (χ2v) is 9.05. The van der Waals surface area contributed by atoms with Crippen LogP contribution in [0.5, 0.6) is 0 Å². The second-order valence-electron chi connectivity index (χ2n) is 7.14. The van der Waals surface area contributed by atoms with E-state index in [0.717, 1.165) is 11.3 Å². The van der Waals surface area contributed by atoms with Gasteiger partial charge < -0.3 is 10.1 Å². The number of amides is 1. The van der Waals surface area contributed by atoms with Crippen LogP contribution in [0.3, 0.4) is 0 Å². The number of morpholine rings is 1. The standard InChI is InChI=1S/C21H23N5O4S/c1-16(17-6-8-18(9-7-17)26-15-22-14-23-26)24-21(27)19-4-2-3-5-20(19)31(28,29)25-10-12-30-13-11-25/h2-9,14-16H,10-13H2,1H3,(H,24,27)/t16-/m0/s1. The fraction of sp³-hybridized carbons (Fsp3) is 0.286. The van der Waals surface area contributed by atoms with Crippen molar-refractivity contribution in [2.24, 2.45) is 0 Å². The Morgan fingerprint density at radius 2 is 1.81 bits per heavy atom. The van der Waals surface area contributed by atoms with Crippen molar-refractivity contribution in [2.45, 2.75) is 17.9 Å². The fourth-order valence-corrected chi connectivity index (χ4v) is 5.02. The average Bonchev–Trinajstić information content (AvgIpc) is 3.35. The van der Waals surface area contributed by atoms with Crippen LogP contribution in [-0.4, -0.2) is 59.7 Å². The molecule has 1 aliphatic heterocycles. The molecule has 1 saturated heterocycles. The number of aromatic nitrogens is 3. The third-order valence-corrected chi connectivity index (χ3v) is 7.10. The molecule has 31 heavy (non-hydrogen) atoms. The van der Waals surface area contributed by atoms with Gasteiger partial charge in [-0.05, 0) is 36.8 Å². The smallest absolute Gasteiger partial charge is 0.253 e. The van der Waals surface area contributed by atoms with Gasteiger partial charge in [0.2, 0.25) is 10.0 Å². The van der Waals surface area contributed by atoms with Crippen LogP contribution in [0.2, 0.25) is 0 Å². The Labute approximate surface area is 180 Å². The lowest BCUT2D eigenvalue weighted by Gasteiger charge is -2.27. The predicted molar refractivity (Wildman–Crippen MR) is 113 cm³/mol. The average molecular weight is 442 g/mol. The summed E-state index contributed by atoms with van der Waals surface area (Å²) < 4.78 is 34.4. The summed E-state index contributed by atoms with van der Waals surface area (Å²) in [5.74, 6) is -0.444. The lowest BCUT2D eigenvalue weighted by molar-refractivity contribution is 0.0729. The van der Waals surface area contributed by atoms with Crippen LogP contribution in [0.15, 0.2) is 66.1 Å². The van der Waals surface area contributed by atoms with Gasteiger partial charge in [0.15, 0.2) is 0 Å². The first kappa shape index (κ1) is 21.2. The molecule has 10 heteroatoms. The molecule has 0 radical (unpaired) electrons. The SMILES string of the molecule is C[C@H](NC(=O)c1ccccc1S(=O)(=O)N1CCOCC1)c1ccc(-n2cncn2)cc1. The molecule has 162 valence electrons. The summed E-state index contributed by atoms with van der Waals surface area (Å²) in [6.45, 7) is 3.07. The lowest BCUT2D eigenvalue weighted by Crippen LogP contribution is -2.41. The Morgan fingerprint density at radius 1 is 1.10 bits per heavy atom. The van der Waals surface area contributed by atoms with E-state index in [9.17, 15) is 13.2 Å². The van der Waals surface area contributed by atoms with Crippen LogP contribution in [0.25, 0.3) is 5.69 Å². The number of benzene rings is 2. The zero-order valence-corrected chi connectivity index (χ0v) is 17.8.